The lowest BCUT2D eigenvalue weighted by molar-refractivity contribution is 0.392. The van der Waals surface area contributed by atoms with E-state index in [9.17, 15) is 0 Å². The highest BCUT2D eigenvalue weighted by Crippen LogP contribution is 2.37. The average molecular weight is 283 g/mol. The number of benzene rings is 1. The summed E-state index contributed by atoms with van der Waals surface area (Å²) in [5.41, 5.74) is 9.11. The molecule has 0 bridgehead atoms. The molecular formula is C18H25N3. The molecule has 1 heterocycles. The van der Waals surface area contributed by atoms with Crippen molar-refractivity contribution < 1.29 is 0 Å². The van der Waals surface area contributed by atoms with Crippen LogP contribution in [0.2, 0.25) is 0 Å². The fourth-order valence-electron chi connectivity index (χ4n) is 3.72. The maximum atomic E-state index is 6.09. The molecule has 3 unspecified atom stereocenters. The number of aromatic nitrogens is 1. The van der Waals surface area contributed by atoms with E-state index >= 15 is 0 Å². The average Bonchev–Trinajstić information content (AvgIpc) is 2.82. The largest absolute Gasteiger partial charge is 0.398 e. The number of rotatable bonds is 3. The minimum absolute atomic E-state index is 0.565. The zero-order valence-electron chi connectivity index (χ0n) is 13.2. The van der Waals surface area contributed by atoms with Gasteiger partial charge in [-0.25, -0.2) is 0 Å². The number of pyridine rings is 1. The van der Waals surface area contributed by atoms with Gasteiger partial charge in [0.05, 0.1) is 0 Å². The van der Waals surface area contributed by atoms with Gasteiger partial charge in [0.15, 0.2) is 0 Å². The molecular weight excluding hydrogens is 258 g/mol. The molecule has 3 heteroatoms. The molecule has 1 aromatic carbocycles. The van der Waals surface area contributed by atoms with Gasteiger partial charge in [0.1, 0.15) is 0 Å². The van der Waals surface area contributed by atoms with Gasteiger partial charge in [0.25, 0.3) is 0 Å². The molecule has 1 aromatic heterocycles. The first kappa shape index (κ1) is 14.2. The molecule has 0 radical (unpaired) electrons. The Labute approximate surface area is 127 Å². The first-order chi connectivity index (χ1) is 10.1. The summed E-state index contributed by atoms with van der Waals surface area (Å²) >= 11 is 0. The summed E-state index contributed by atoms with van der Waals surface area (Å²) in [7, 11) is 0. The van der Waals surface area contributed by atoms with E-state index in [-0.39, 0.29) is 0 Å². The molecule has 1 saturated carbocycles. The number of hydrogen-bond donors (Lipinski definition) is 2. The molecule has 3 rings (SSSR count). The second kappa shape index (κ2) is 5.55. The lowest BCUT2D eigenvalue weighted by Crippen LogP contribution is -2.24. The summed E-state index contributed by atoms with van der Waals surface area (Å²) in [6.45, 7) is 6.71. The molecule has 1 aliphatic rings. The topological polar surface area (TPSA) is 50.9 Å². The number of nitrogens with one attached hydrogen (secondary N) is 1. The first-order valence-electron chi connectivity index (χ1n) is 8.01. The fourth-order valence-corrected chi connectivity index (χ4v) is 3.72. The highest BCUT2D eigenvalue weighted by Gasteiger charge is 2.31. The summed E-state index contributed by atoms with van der Waals surface area (Å²) in [5.74, 6) is 1.58. The van der Waals surface area contributed by atoms with Gasteiger partial charge in [-0.2, -0.15) is 0 Å². The van der Waals surface area contributed by atoms with Crippen molar-refractivity contribution >= 4 is 22.1 Å². The van der Waals surface area contributed by atoms with Crippen molar-refractivity contribution in [3.05, 3.63) is 30.1 Å². The van der Waals surface area contributed by atoms with Crippen LogP contribution in [0.3, 0.4) is 0 Å². The maximum absolute atomic E-state index is 6.09. The van der Waals surface area contributed by atoms with Gasteiger partial charge in [0.2, 0.25) is 0 Å². The number of nitrogens with two attached hydrogens (primary N) is 1. The van der Waals surface area contributed by atoms with E-state index in [1.807, 2.05) is 19.2 Å². The van der Waals surface area contributed by atoms with E-state index in [2.05, 4.69) is 36.3 Å². The molecule has 3 atom stereocenters. The predicted octanol–water partition coefficient (Wildman–Crippen LogP) is 4.36. The Morgan fingerprint density at radius 3 is 2.81 bits per heavy atom. The predicted molar refractivity (Wildman–Crippen MR) is 90.5 cm³/mol. The third kappa shape index (κ3) is 2.57. The third-order valence-corrected chi connectivity index (χ3v) is 5.16. The van der Waals surface area contributed by atoms with Gasteiger partial charge < -0.3 is 11.1 Å². The monoisotopic (exact) mass is 283 g/mol. The van der Waals surface area contributed by atoms with Crippen LogP contribution in [-0.4, -0.2) is 11.0 Å². The molecule has 0 amide bonds. The minimum atomic E-state index is 0.565. The van der Waals surface area contributed by atoms with Gasteiger partial charge in [-0.3, -0.25) is 4.98 Å². The van der Waals surface area contributed by atoms with Gasteiger partial charge in [-0.15, -0.1) is 0 Å². The Morgan fingerprint density at radius 2 is 2.10 bits per heavy atom. The van der Waals surface area contributed by atoms with E-state index in [4.69, 9.17) is 5.73 Å². The maximum Gasteiger partial charge on any atom is 0.0424 e. The smallest absolute Gasteiger partial charge is 0.0424 e. The van der Waals surface area contributed by atoms with Crippen LogP contribution < -0.4 is 11.1 Å². The van der Waals surface area contributed by atoms with Crippen LogP contribution in [0, 0.1) is 18.8 Å². The molecule has 21 heavy (non-hydrogen) atoms. The summed E-state index contributed by atoms with van der Waals surface area (Å²) in [6.07, 6.45) is 5.77. The van der Waals surface area contributed by atoms with E-state index in [0.717, 1.165) is 28.6 Å². The molecule has 0 aliphatic heterocycles. The Bertz CT molecular complexity index is 650. The van der Waals surface area contributed by atoms with Gasteiger partial charge in [-0.1, -0.05) is 20.3 Å². The van der Waals surface area contributed by atoms with E-state index in [0.29, 0.717) is 6.04 Å². The Hall–Kier alpha value is -1.77. The lowest BCUT2D eigenvalue weighted by atomic mass is 9.93. The molecule has 0 saturated heterocycles. The number of fused-ring (bicyclic) bond motifs is 1. The van der Waals surface area contributed by atoms with Crippen LogP contribution in [0.15, 0.2) is 24.4 Å². The van der Waals surface area contributed by atoms with Crippen molar-refractivity contribution in [3.63, 3.8) is 0 Å². The zero-order valence-corrected chi connectivity index (χ0v) is 13.2. The summed E-state index contributed by atoms with van der Waals surface area (Å²) in [5, 5.41) is 6.00. The normalized spacial score (nSPS) is 25.4. The van der Waals surface area contributed by atoms with Crippen molar-refractivity contribution in [2.75, 3.05) is 11.1 Å². The molecule has 112 valence electrons. The zero-order chi connectivity index (χ0) is 15.0. The van der Waals surface area contributed by atoms with Gasteiger partial charge >= 0.3 is 0 Å². The number of hydrogen-bond acceptors (Lipinski definition) is 3. The van der Waals surface area contributed by atoms with E-state index in [1.165, 1.54) is 30.3 Å². The number of anilines is 2. The Morgan fingerprint density at radius 1 is 1.29 bits per heavy atom. The van der Waals surface area contributed by atoms with E-state index in [1.54, 1.807) is 0 Å². The minimum Gasteiger partial charge on any atom is -0.398 e. The van der Waals surface area contributed by atoms with Crippen LogP contribution in [-0.2, 0) is 0 Å². The van der Waals surface area contributed by atoms with Crippen LogP contribution in [0.5, 0.6) is 0 Å². The molecule has 0 spiro atoms. The molecule has 3 nitrogen and oxygen atoms in total. The quantitative estimate of drug-likeness (QED) is 0.823. The fraction of sp³-hybridized carbons (Fsp3) is 0.500. The Balaban J connectivity index is 1.94. The van der Waals surface area contributed by atoms with Crippen LogP contribution in [0.4, 0.5) is 11.4 Å². The van der Waals surface area contributed by atoms with Crippen molar-refractivity contribution in [1.82, 2.24) is 4.98 Å². The first-order valence-corrected chi connectivity index (χ1v) is 8.01. The van der Waals surface area contributed by atoms with E-state index < -0.39 is 0 Å². The van der Waals surface area contributed by atoms with Crippen LogP contribution in [0.1, 0.15) is 38.8 Å². The van der Waals surface area contributed by atoms with Gasteiger partial charge in [0, 0.05) is 40.1 Å². The Kier molecular flexibility index (Phi) is 3.75. The summed E-state index contributed by atoms with van der Waals surface area (Å²) in [6, 6.07) is 6.79. The number of nitrogens with zero attached hydrogens (tertiary/aromatic N) is 1. The number of nitrogen functional groups attached to an aromatic ring is 1. The molecule has 3 N–H and O–H groups in total. The van der Waals surface area contributed by atoms with Gasteiger partial charge in [-0.05, 0) is 49.8 Å². The molecule has 1 aliphatic carbocycles. The standard InChI is InChI=1S/C18H25N3/c1-4-13-5-7-17(12(13)3)21-18-8-6-16(19)15-10-20-11(2)9-14(15)18/h6,8-10,12-13,17,21H,4-5,7,19H2,1-3H3. The van der Waals surface area contributed by atoms with Crippen molar-refractivity contribution in [3.8, 4) is 0 Å². The second-order valence-corrected chi connectivity index (χ2v) is 6.43. The van der Waals surface area contributed by atoms with Crippen molar-refractivity contribution in [2.24, 2.45) is 11.8 Å². The third-order valence-electron chi connectivity index (χ3n) is 5.16. The second-order valence-electron chi connectivity index (χ2n) is 6.43. The molecule has 1 fully saturated rings. The summed E-state index contributed by atoms with van der Waals surface area (Å²) in [4.78, 5) is 4.37. The summed E-state index contributed by atoms with van der Waals surface area (Å²) < 4.78 is 0. The van der Waals surface area contributed by atoms with Crippen molar-refractivity contribution in [2.45, 2.75) is 46.1 Å². The van der Waals surface area contributed by atoms with Crippen molar-refractivity contribution in [1.29, 1.82) is 0 Å². The van der Waals surface area contributed by atoms with Crippen LogP contribution in [0.25, 0.3) is 10.8 Å². The SMILES string of the molecule is CCC1CCC(Nc2ccc(N)c3cnc(C)cc23)C1C. The number of aryl methyl sites for hydroxylation is 1. The lowest BCUT2D eigenvalue weighted by Gasteiger charge is -2.23. The van der Waals surface area contributed by atoms with Crippen LogP contribution >= 0.6 is 0 Å². The molecule has 2 aromatic rings. The highest BCUT2D eigenvalue weighted by molar-refractivity contribution is 6.00. The highest BCUT2D eigenvalue weighted by atomic mass is 14.9.